The molecular weight excluding hydrogens is 304 g/mol. The maximum Gasteiger partial charge on any atom is 0.270 e. The number of H-pyrrole nitrogens is 1. The van der Waals surface area contributed by atoms with E-state index in [1.165, 1.54) is 25.7 Å². The number of aromatic amines is 1. The number of amides is 1. The predicted molar refractivity (Wildman–Crippen MR) is 91.1 cm³/mol. The first-order chi connectivity index (χ1) is 11.7. The van der Waals surface area contributed by atoms with Crippen LogP contribution in [-0.4, -0.2) is 20.7 Å². The van der Waals surface area contributed by atoms with Gasteiger partial charge in [-0.1, -0.05) is 25.7 Å². The van der Waals surface area contributed by atoms with Crippen LogP contribution in [-0.2, 0) is 4.79 Å². The molecule has 0 bridgehead atoms. The van der Waals surface area contributed by atoms with E-state index in [0.717, 1.165) is 18.4 Å². The third kappa shape index (κ3) is 2.66. The van der Waals surface area contributed by atoms with E-state index in [1.807, 2.05) is 16.8 Å². The molecule has 1 saturated carbocycles. The summed E-state index contributed by atoms with van der Waals surface area (Å²) in [5, 5.41) is 5.95. The number of rotatable bonds is 2. The second-order valence-electron chi connectivity index (χ2n) is 6.80. The highest BCUT2D eigenvalue weighted by molar-refractivity contribution is 5.94. The fourth-order valence-corrected chi connectivity index (χ4v) is 4.05. The van der Waals surface area contributed by atoms with E-state index in [-0.39, 0.29) is 23.4 Å². The lowest BCUT2D eigenvalue weighted by molar-refractivity contribution is -0.116. The van der Waals surface area contributed by atoms with E-state index in [2.05, 4.69) is 15.4 Å². The summed E-state index contributed by atoms with van der Waals surface area (Å²) >= 11 is 0. The Labute approximate surface area is 140 Å². The Hall–Kier alpha value is -2.37. The molecule has 6 nitrogen and oxygen atoms in total. The molecule has 0 spiro atoms. The van der Waals surface area contributed by atoms with Crippen molar-refractivity contribution in [2.45, 2.75) is 56.9 Å². The van der Waals surface area contributed by atoms with Crippen LogP contribution in [0.3, 0.4) is 0 Å². The van der Waals surface area contributed by atoms with Gasteiger partial charge in [0, 0.05) is 24.7 Å². The number of hydrogen-bond donors (Lipinski definition) is 2. The molecule has 1 amide bonds. The zero-order chi connectivity index (χ0) is 16.5. The van der Waals surface area contributed by atoms with Gasteiger partial charge in [0.15, 0.2) is 0 Å². The average molecular weight is 326 g/mol. The van der Waals surface area contributed by atoms with Crippen molar-refractivity contribution in [3.63, 3.8) is 0 Å². The van der Waals surface area contributed by atoms with Crippen molar-refractivity contribution in [2.75, 3.05) is 5.32 Å². The van der Waals surface area contributed by atoms with Crippen LogP contribution >= 0.6 is 0 Å². The predicted octanol–water partition coefficient (Wildman–Crippen LogP) is 2.94. The Bertz CT molecular complexity index is 785. The van der Waals surface area contributed by atoms with Gasteiger partial charge in [0.25, 0.3) is 5.56 Å². The molecule has 2 aromatic heterocycles. The lowest BCUT2D eigenvalue weighted by Gasteiger charge is -2.25. The van der Waals surface area contributed by atoms with Crippen LogP contribution in [0, 0.1) is 0 Å². The molecule has 0 saturated heterocycles. The molecule has 126 valence electrons. The van der Waals surface area contributed by atoms with Crippen molar-refractivity contribution < 1.29 is 4.79 Å². The summed E-state index contributed by atoms with van der Waals surface area (Å²) in [6.07, 6.45) is 10.6. The largest absolute Gasteiger partial charge is 0.311 e. The Kier molecular flexibility index (Phi) is 3.96. The Balaban J connectivity index is 1.78. The van der Waals surface area contributed by atoms with Crippen LogP contribution < -0.4 is 10.9 Å². The molecule has 3 heterocycles. The van der Waals surface area contributed by atoms with Gasteiger partial charge in [-0.3, -0.25) is 24.4 Å². The zero-order valence-corrected chi connectivity index (χ0v) is 13.6. The minimum Gasteiger partial charge on any atom is -0.311 e. The maximum atomic E-state index is 12.7. The van der Waals surface area contributed by atoms with Gasteiger partial charge in [0.2, 0.25) is 5.91 Å². The summed E-state index contributed by atoms with van der Waals surface area (Å²) in [5.74, 6) is 0.433. The number of pyridine rings is 1. The monoisotopic (exact) mass is 326 g/mol. The molecule has 1 fully saturated rings. The molecule has 0 unspecified atom stereocenters. The first-order valence-electron chi connectivity index (χ1n) is 8.78. The molecule has 2 N–H and O–H groups in total. The maximum absolute atomic E-state index is 12.7. The summed E-state index contributed by atoms with van der Waals surface area (Å²) in [4.78, 5) is 29.0. The van der Waals surface area contributed by atoms with Crippen molar-refractivity contribution in [1.29, 1.82) is 0 Å². The second-order valence-corrected chi connectivity index (χ2v) is 6.80. The Morgan fingerprint density at radius 2 is 1.75 bits per heavy atom. The molecule has 2 aromatic rings. The molecule has 1 aliphatic heterocycles. The fraction of sp³-hybridized carbons (Fsp3) is 0.500. The molecule has 24 heavy (non-hydrogen) atoms. The molecule has 0 aromatic carbocycles. The molecular formula is C18H22N4O2. The third-order valence-corrected chi connectivity index (χ3v) is 5.26. The van der Waals surface area contributed by atoms with Gasteiger partial charge in [-0.2, -0.15) is 0 Å². The van der Waals surface area contributed by atoms with Crippen LogP contribution in [0.1, 0.15) is 68.0 Å². The number of aromatic nitrogens is 3. The van der Waals surface area contributed by atoms with Crippen LogP contribution in [0.25, 0.3) is 0 Å². The molecule has 6 heteroatoms. The topological polar surface area (TPSA) is 79.8 Å². The van der Waals surface area contributed by atoms with E-state index >= 15 is 0 Å². The highest BCUT2D eigenvalue weighted by Crippen LogP contribution is 2.37. The van der Waals surface area contributed by atoms with Gasteiger partial charge in [-0.25, -0.2) is 0 Å². The summed E-state index contributed by atoms with van der Waals surface area (Å²) in [5.41, 5.74) is 1.56. The molecule has 1 atom stereocenters. The second kappa shape index (κ2) is 6.26. The lowest BCUT2D eigenvalue weighted by Crippen LogP contribution is -2.27. The zero-order valence-electron chi connectivity index (χ0n) is 13.6. The first-order valence-corrected chi connectivity index (χ1v) is 8.78. The number of hydrogen-bond acceptors (Lipinski definition) is 3. The summed E-state index contributed by atoms with van der Waals surface area (Å²) in [6, 6.07) is 4.03. The lowest BCUT2D eigenvalue weighted by atomic mass is 9.88. The smallest absolute Gasteiger partial charge is 0.270 e. The van der Waals surface area contributed by atoms with Crippen LogP contribution in [0.15, 0.2) is 29.3 Å². The van der Waals surface area contributed by atoms with Crippen molar-refractivity contribution in [1.82, 2.24) is 14.8 Å². The van der Waals surface area contributed by atoms with Crippen LogP contribution in [0.4, 0.5) is 5.82 Å². The number of carbonyl (C=O) groups is 1. The van der Waals surface area contributed by atoms with E-state index in [9.17, 15) is 9.59 Å². The Morgan fingerprint density at radius 3 is 2.46 bits per heavy atom. The molecule has 0 radical (unpaired) electrons. The quantitative estimate of drug-likeness (QED) is 0.833. The van der Waals surface area contributed by atoms with E-state index in [0.29, 0.717) is 17.8 Å². The van der Waals surface area contributed by atoms with Gasteiger partial charge >= 0.3 is 0 Å². The van der Waals surface area contributed by atoms with Gasteiger partial charge in [0.05, 0.1) is 11.6 Å². The molecule has 4 rings (SSSR count). The van der Waals surface area contributed by atoms with Gasteiger partial charge in [0.1, 0.15) is 5.82 Å². The van der Waals surface area contributed by atoms with Gasteiger partial charge in [-0.15, -0.1) is 0 Å². The van der Waals surface area contributed by atoms with Crippen LogP contribution in [0.5, 0.6) is 0 Å². The first kappa shape index (κ1) is 15.2. The number of fused-ring (bicyclic) bond motifs is 1. The van der Waals surface area contributed by atoms with Crippen molar-refractivity contribution in [3.05, 3.63) is 46.0 Å². The average Bonchev–Trinajstić information content (AvgIpc) is 2.79. The van der Waals surface area contributed by atoms with Gasteiger partial charge in [-0.05, 0) is 30.5 Å². The van der Waals surface area contributed by atoms with E-state index in [1.54, 1.807) is 12.4 Å². The highest BCUT2D eigenvalue weighted by Gasteiger charge is 2.34. The van der Waals surface area contributed by atoms with E-state index < -0.39 is 0 Å². The SMILES string of the molecule is O=C1C[C@@H](c2ccncc2)c2c(n(C3CCCCCC3)[nH]c2=O)N1. The standard InChI is InChI=1S/C18H22N4O2/c23-15-11-14(12-7-9-19-10-8-12)16-17(20-15)22(21-18(16)24)13-5-3-1-2-4-6-13/h7-10,13-14H,1-6,11H2,(H,20,23)(H,21,24)/t14-/m0/s1. The number of carbonyl (C=O) groups excluding carboxylic acids is 1. The molecule has 2 aliphatic rings. The molecule has 1 aliphatic carbocycles. The highest BCUT2D eigenvalue weighted by atomic mass is 16.2. The minimum atomic E-state index is -0.201. The van der Waals surface area contributed by atoms with Gasteiger partial charge < -0.3 is 5.32 Å². The van der Waals surface area contributed by atoms with Crippen LogP contribution in [0.2, 0.25) is 0 Å². The Morgan fingerprint density at radius 1 is 1.04 bits per heavy atom. The number of nitrogens with one attached hydrogen (secondary N) is 2. The third-order valence-electron chi connectivity index (χ3n) is 5.26. The number of anilines is 1. The number of nitrogens with zero attached hydrogens (tertiary/aromatic N) is 2. The summed E-state index contributed by atoms with van der Waals surface area (Å²) in [6.45, 7) is 0. The van der Waals surface area contributed by atoms with Crippen molar-refractivity contribution >= 4 is 11.7 Å². The summed E-state index contributed by atoms with van der Waals surface area (Å²) in [7, 11) is 0. The van der Waals surface area contributed by atoms with Crippen molar-refractivity contribution in [2.24, 2.45) is 0 Å². The fourth-order valence-electron chi connectivity index (χ4n) is 4.05. The normalized spacial score (nSPS) is 21.8. The minimum absolute atomic E-state index is 0.0364. The van der Waals surface area contributed by atoms with Crippen molar-refractivity contribution in [3.8, 4) is 0 Å². The summed E-state index contributed by atoms with van der Waals surface area (Å²) < 4.78 is 1.92. The van der Waals surface area contributed by atoms with E-state index in [4.69, 9.17) is 0 Å².